The van der Waals surface area contributed by atoms with Gasteiger partial charge in [-0.3, -0.25) is 4.79 Å². The van der Waals surface area contributed by atoms with E-state index in [1.165, 1.54) is 22.5 Å². The summed E-state index contributed by atoms with van der Waals surface area (Å²) in [5.41, 5.74) is 0. The van der Waals surface area contributed by atoms with E-state index in [2.05, 4.69) is 0 Å². The van der Waals surface area contributed by atoms with Gasteiger partial charge in [-0.25, -0.2) is 12.8 Å². The van der Waals surface area contributed by atoms with Gasteiger partial charge in [-0.05, 0) is 42.8 Å². The standard InChI is InChI=1S/C21H25FN2O5S/c1-28-17-8-10-18(11-9-17)29-16-4-7-21(25)23-12-14-24(15-13-23)30(26,27)20-6-3-2-5-19(20)22/h2-3,5-6,8-11H,4,7,12-16H2,1H3. The number of sulfonamides is 1. The molecule has 1 saturated heterocycles. The van der Waals surface area contributed by atoms with Crippen LogP contribution in [0, 0.1) is 5.82 Å². The number of carbonyl (C=O) groups excluding carboxylic acids is 1. The molecule has 2 aromatic carbocycles. The summed E-state index contributed by atoms with van der Waals surface area (Å²) in [6.45, 7) is 1.26. The number of carbonyl (C=O) groups is 1. The summed E-state index contributed by atoms with van der Waals surface area (Å²) in [5.74, 6) is 0.632. The normalized spacial score (nSPS) is 15.1. The SMILES string of the molecule is COc1ccc(OCCCC(=O)N2CCN(S(=O)(=O)c3ccccc3F)CC2)cc1. The van der Waals surface area contributed by atoms with Crippen molar-refractivity contribution in [2.24, 2.45) is 0 Å². The van der Waals surface area contributed by atoms with Crippen molar-refractivity contribution in [1.82, 2.24) is 9.21 Å². The van der Waals surface area contributed by atoms with Gasteiger partial charge < -0.3 is 14.4 Å². The summed E-state index contributed by atoms with van der Waals surface area (Å²) in [6.07, 6.45) is 0.870. The second kappa shape index (κ2) is 9.90. The third-order valence-electron chi connectivity index (χ3n) is 4.91. The van der Waals surface area contributed by atoms with Crippen LogP contribution in [0.15, 0.2) is 53.4 Å². The average molecular weight is 437 g/mol. The number of piperazine rings is 1. The van der Waals surface area contributed by atoms with Crippen LogP contribution >= 0.6 is 0 Å². The Balaban J connectivity index is 1.43. The van der Waals surface area contributed by atoms with Crippen LogP contribution in [0.4, 0.5) is 4.39 Å². The number of halogens is 1. The summed E-state index contributed by atoms with van der Waals surface area (Å²) >= 11 is 0. The molecular weight excluding hydrogens is 411 g/mol. The van der Waals surface area contributed by atoms with Gasteiger partial charge in [0, 0.05) is 32.6 Å². The second-order valence-electron chi connectivity index (χ2n) is 6.84. The Bertz CT molecular complexity index is 958. The van der Waals surface area contributed by atoms with Gasteiger partial charge in [-0.15, -0.1) is 0 Å². The largest absolute Gasteiger partial charge is 0.497 e. The van der Waals surface area contributed by atoms with Crippen LogP contribution in [-0.2, 0) is 14.8 Å². The van der Waals surface area contributed by atoms with Crippen LogP contribution in [0.3, 0.4) is 0 Å². The van der Waals surface area contributed by atoms with E-state index in [-0.39, 0.29) is 37.0 Å². The Kier molecular flexibility index (Phi) is 7.28. The Morgan fingerprint density at radius 3 is 2.27 bits per heavy atom. The molecule has 0 radical (unpaired) electrons. The number of nitrogens with zero attached hydrogens (tertiary/aromatic N) is 2. The maximum atomic E-state index is 13.9. The van der Waals surface area contributed by atoms with E-state index in [9.17, 15) is 17.6 Å². The lowest BCUT2D eigenvalue weighted by molar-refractivity contribution is -0.132. The van der Waals surface area contributed by atoms with Crippen molar-refractivity contribution in [3.63, 3.8) is 0 Å². The lowest BCUT2D eigenvalue weighted by atomic mass is 10.2. The fraction of sp³-hybridized carbons (Fsp3) is 0.381. The van der Waals surface area contributed by atoms with Crippen LogP contribution in [0.2, 0.25) is 0 Å². The van der Waals surface area contributed by atoms with Crippen molar-refractivity contribution in [1.29, 1.82) is 0 Å². The summed E-state index contributed by atoms with van der Waals surface area (Å²) in [7, 11) is -2.31. The monoisotopic (exact) mass is 436 g/mol. The van der Waals surface area contributed by atoms with Gasteiger partial charge in [0.1, 0.15) is 22.2 Å². The molecule has 0 bridgehead atoms. The molecular formula is C21H25FN2O5S. The molecule has 162 valence electrons. The molecule has 2 aromatic rings. The van der Waals surface area contributed by atoms with E-state index < -0.39 is 15.8 Å². The number of benzene rings is 2. The third-order valence-corrected chi connectivity index (χ3v) is 6.84. The van der Waals surface area contributed by atoms with Gasteiger partial charge in [0.15, 0.2) is 0 Å². The van der Waals surface area contributed by atoms with Crippen molar-refractivity contribution in [3.8, 4) is 11.5 Å². The highest BCUT2D eigenvalue weighted by atomic mass is 32.2. The van der Waals surface area contributed by atoms with Gasteiger partial charge in [0.25, 0.3) is 0 Å². The van der Waals surface area contributed by atoms with Gasteiger partial charge in [-0.1, -0.05) is 12.1 Å². The van der Waals surface area contributed by atoms with Gasteiger partial charge in [-0.2, -0.15) is 4.31 Å². The first-order valence-electron chi connectivity index (χ1n) is 9.71. The summed E-state index contributed by atoms with van der Waals surface area (Å²) < 4.78 is 51.1. The van der Waals surface area contributed by atoms with Crippen molar-refractivity contribution in [2.45, 2.75) is 17.7 Å². The Morgan fingerprint density at radius 2 is 1.63 bits per heavy atom. The minimum Gasteiger partial charge on any atom is -0.497 e. The van der Waals surface area contributed by atoms with Gasteiger partial charge >= 0.3 is 0 Å². The minimum absolute atomic E-state index is 0.0451. The van der Waals surface area contributed by atoms with E-state index in [4.69, 9.17) is 9.47 Å². The molecule has 3 rings (SSSR count). The molecule has 1 heterocycles. The molecule has 1 aliphatic rings. The van der Waals surface area contributed by atoms with Crippen molar-refractivity contribution >= 4 is 15.9 Å². The number of rotatable bonds is 8. The van der Waals surface area contributed by atoms with Crippen molar-refractivity contribution in [3.05, 3.63) is 54.3 Å². The maximum Gasteiger partial charge on any atom is 0.246 e. The zero-order valence-corrected chi connectivity index (χ0v) is 17.6. The number of methoxy groups -OCH3 is 1. The van der Waals surface area contributed by atoms with E-state index in [0.717, 1.165) is 11.8 Å². The topological polar surface area (TPSA) is 76.2 Å². The van der Waals surface area contributed by atoms with Crippen LogP contribution in [0.25, 0.3) is 0 Å². The lowest BCUT2D eigenvalue weighted by Crippen LogP contribution is -2.50. The summed E-state index contributed by atoms with van der Waals surface area (Å²) in [4.78, 5) is 13.7. The average Bonchev–Trinajstić information content (AvgIpc) is 2.77. The zero-order chi connectivity index (χ0) is 21.6. The highest BCUT2D eigenvalue weighted by molar-refractivity contribution is 7.89. The maximum absolute atomic E-state index is 13.9. The van der Waals surface area contributed by atoms with Crippen LogP contribution in [0.1, 0.15) is 12.8 Å². The quantitative estimate of drug-likeness (QED) is 0.595. The van der Waals surface area contributed by atoms with Crippen molar-refractivity contribution in [2.75, 3.05) is 39.9 Å². The smallest absolute Gasteiger partial charge is 0.246 e. The highest BCUT2D eigenvalue weighted by Crippen LogP contribution is 2.21. The molecule has 1 aliphatic heterocycles. The minimum atomic E-state index is -3.91. The van der Waals surface area contributed by atoms with E-state index >= 15 is 0 Å². The Labute approximate surface area is 176 Å². The molecule has 0 aromatic heterocycles. The predicted molar refractivity (Wildman–Crippen MR) is 109 cm³/mol. The molecule has 0 atom stereocenters. The molecule has 0 aliphatic carbocycles. The molecule has 0 N–H and O–H groups in total. The number of hydrogen-bond acceptors (Lipinski definition) is 5. The predicted octanol–water partition coefficient (Wildman–Crippen LogP) is 2.53. The van der Waals surface area contributed by atoms with E-state index in [1.807, 2.05) is 0 Å². The van der Waals surface area contributed by atoms with Crippen molar-refractivity contribution < 1.29 is 27.1 Å². The molecule has 30 heavy (non-hydrogen) atoms. The Hall–Kier alpha value is -2.65. The molecule has 1 amide bonds. The second-order valence-corrected chi connectivity index (χ2v) is 8.75. The molecule has 9 heteroatoms. The zero-order valence-electron chi connectivity index (χ0n) is 16.8. The van der Waals surface area contributed by atoms with Crippen LogP contribution < -0.4 is 9.47 Å². The van der Waals surface area contributed by atoms with Crippen LogP contribution in [-0.4, -0.2) is 63.4 Å². The van der Waals surface area contributed by atoms with E-state index in [0.29, 0.717) is 25.2 Å². The number of amides is 1. The fourth-order valence-corrected chi connectivity index (χ4v) is 4.70. The highest BCUT2D eigenvalue weighted by Gasteiger charge is 2.31. The number of ether oxygens (including phenoxy) is 2. The molecule has 1 fully saturated rings. The molecule has 7 nitrogen and oxygen atoms in total. The molecule has 0 unspecified atom stereocenters. The first-order valence-corrected chi connectivity index (χ1v) is 11.1. The first-order chi connectivity index (χ1) is 14.4. The summed E-state index contributed by atoms with van der Waals surface area (Å²) in [6, 6.07) is 12.5. The van der Waals surface area contributed by atoms with Gasteiger partial charge in [0.2, 0.25) is 15.9 Å². The molecule has 0 saturated carbocycles. The van der Waals surface area contributed by atoms with E-state index in [1.54, 1.807) is 36.3 Å². The lowest BCUT2D eigenvalue weighted by Gasteiger charge is -2.34. The Morgan fingerprint density at radius 1 is 1.00 bits per heavy atom. The van der Waals surface area contributed by atoms with Gasteiger partial charge in [0.05, 0.1) is 13.7 Å². The van der Waals surface area contributed by atoms with Crippen LogP contribution in [0.5, 0.6) is 11.5 Å². The fourth-order valence-electron chi connectivity index (χ4n) is 3.21. The first kappa shape index (κ1) is 22.0. The third kappa shape index (κ3) is 5.28. The summed E-state index contributed by atoms with van der Waals surface area (Å²) in [5, 5.41) is 0. The molecule has 0 spiro atoms. The number of hydrogen-bond donors (Lipinski definition) is 0.